The average Bonchev–Trinajstić information content (AvgIpc) is 3.04. The van der Waals surface area contributed by atoms with Crippen LogP contribution in [-0.2, 0) is 26.4 Å². The molecule has 0 radical (unpaired) electrons. The molecule has 1 amide bonds. The Morgan fingerprint density at radius 3 is 2.96 bits per heavy atom. The number of carbonyl (C=O) groups is 1. The summed E-state index contributed by atoms with van der Waals surface area (Å²) < 4.78 is 1.90. The lowest BCUT2D eigenvalue weighted by atomic mass is 10.1. The summed E-state index contributed by atoms with van der Waals surface area (Å²) in [6.45, 7) is 2.42. The van der Waals surface area contributed by atoms with Crippen molar-refractivity contribution in [2.45, 2.75) is 45.6 Å². The zero-order valence-electron chi connectivity index (χ0n) is 15.5. The highest BCUT2D eigenvalue weighted by atomic mass is 16.2. The number of nitrogens with zero attached hydrogens (tertiary/aromatic N) is 5. The van der Waals surface area contributed by atoms with Gasteiger partial charge in [0.1, 0.15) is 11.3 Å². The van der Waals surface area contributed by atoms with Gasteiger partial charge in [-0.15, -0.1) is 0 Å². The highest BCUT2D eigenvalue weighted by Gasteiger charge is 2.22. The molecule has 7 nitrogen and oxygen atoms in total. The van der Waals surface area contributed by atoms with Gasteiger partial charge < -0.3 is 9.47 Å². The van der Waals surface area contributed by atoms with Gasteiger partial charge in [0.25, 0.3) is 5.91 Å². The molecule has 136 valence electrons. The van der Waals surface area contributed by atoms with Gasteiger partial charge in [0, 0.05) is 26.0 Å². The first kappa shape index (κ1) is 16.8. The molecule has 0 saturated heterocycles. The number of aromatic nitrogens is 5. The van der Waals surface area contributed by atoms with E-state index < -0.39 is 0 Å². The smallest absolute Gasteiger partial charge is 0.256 e. The normalized spacial score (nSPS) is 14.3. The number of rotatable bonds is 3. The van der Waals surface area contributed by atoms with E-state index in [1.54, 1.807) is 17.2 Å². The lowest BCUT2D eigenvalue weighted by Gasteiger charge is -2.17. The monoisotopic (exact) mass is 352 g/mol. The third-order valence-electron chi connectivity index (χ3n) is 5.34. The fraction of sp³-hybridized carbons (Fsp3) is 0.474. The maximum atomic E-state index is 13.1. The van der Waals surface area contributed by atoms with Gasteiger partial charge in [-0.05, 0) is 44.2 Å². The number of aromatic amines is 1. The molecule has 0 unspecified atom stereocenters. The first-order valence-corrected chi connectivity index (χ1v) is 9.14. The number of nitrogens with one attached hydrogen (secondary N) is 1. The van der Waals surface area contributed by atoms with Gasteiger partial charge in [-0.2, -0.15) is 5.10 Å². The largest absolute Gasteiger partial charge is 0.336 e. The Labute approximate surface area is 152 Å². The van der Waals surface area contributed by atoms with Gasteiger partial charge in [0.05, 0.1) is 17.8 Å². The second kappa shape index (κ2) is 6.55. The lowest BCUT2D eigenvalue weighted by Crippen LogP contribution is -2.27. The van der Waals surface area contributed by atoms with Gasteiger partial charge in [-0.3, -0.25) is 9.89 Å². The summed E-state index contributed by atoms with van der Waals surface area (Å²) in [4.78, 5) is 23.7. The van der Waals surface area contributed by atoms with Crippen molar-refractivity contribution in [2.24, 2.45) is 7.05 Å². The zero-order chi connectivity index (χ0) is 18.3. The number of hydrogen-bond acceptors (Lipinski definition) is 4. The van der Waals surface area contributed by atoms with Crippen LogP contribution in [0.4, 0.5) is 0 Å². The molecule has 3 aromatic heterocycles. The third-order valence-corrected chi connectivity index (χ3v) is 5.34. The van der Waals surface area contributed by atoms with E-state index in [9.17, 15) is 4.79 Å². The highest BCUT2D eigenvalue weighted by Crippen LogP contribution is 2.23. The van der Waals surface area contributed by atoms with Gasteiger partial charge in [0.15, 0.2) is 5.65 Å². The van der Waals surface area contributed by atoms with Crippen LogP contribution < -0.4 is 0 Å². The van der Waals surface area contributed by atoms with Crippen molar-refractivity contribution < 1.29 is 4.79 Å². The van der Waals surface area contributed by atoms with Gasteiger partial charge in [0.2, 0.25) is 0 Å². The summed E-state index contributed by atoms with van der Waals surface area (Å²) in [5.74, 6) is 0.786. The van der Waals surface area contributed by atoms with Crippen LogP contribution in [0.5, 0.6) is 0 Å². The van der Waals surface area contributed by atoms with Crippen molar-refractivity contribution in [3.8, 4) is 0 Å². The number of imidazole rings is 1. The molecular formula is C19H24N6O. The van der Waals surface area contributed by atoms with E-state index in [0.29, 0.717) is 17.6 Å². The topological polar surface area (TPSA) is 79.7 Å². The Morgan fingerprint density at radius 1 is 1.31 bits per heavy atom. The van der Waals surface area contributed by atoms with Crippen LogP contribution in [0.3, 0.4) is 0 Å². The number of H-pyrrole nitrogens is 1. The fourth-order valence-corrected chi connectivity index (χ4v) is 3.72. The molecule has 0 aliphatic heterocycles. The van der Waals surface area contributed by atoms with E-state index in [4.69, 9.17) is 0 Å². The molecule has 26 heavy (non-hydrogen) atoms. The average molecular weight is 352 g/mol. The SMILES string of the molecule is Cc1nc2c(C(=O)N(C)Cc3n[nH]c4c3CCCCC4)ccnc2n1C. The molecule has 0 bridgehead atoms. The molecule has 0 saturated carbocycles. The maximum Gasteiger partial charge on any atom is 0.256 e. The Balaban J connectivity index is 1.62. The predicted octanol–water partition coefficient (Wildman–Crippen LogP) is 2.54. The minimum Gasteiger partial charge on any atom is -0.336 e. The number of aryl methyl sites for hydroxylation is 3. The molecule has 3 aromatic rings. The van der Waals surface area contributed by atoms with Crippen LogP contribution in [0, 0.1) is 6.92 Å². The van der Waals surface area contributed by atoms with Gasteiger partial charge in [-0.25, -0.2) is 9.97 Å². The standard InChI is InChI=1S/C19H24N6O/c1-12-21-17-14(9-10-20-18(17)25(12)3)19(26)24(2)11-16-13-7-5-4-6-8-15(13)22-23-16/h9-10H,4-8,11H2,1-3H3,(H,22,23). The number of amides is 1. The molecule has 7 heteroatoms. The van der Waals surface area contributed by atoms with E-state index in [1.165, 1.54) is 30.5 Å². The highest BCUT2D eigenvalue weighted by molar-refractivity contribution is 6.04. The van der Waals surface area contributed by atoms with E-state index in [2.05, 4.69) is 20.2 Å². The predicted molar refractivity (Wildman–Crippen MR) is 98.9 cm³/mol. The molecule has 3 heterocycles. The summed E-state index contributed by atoms with van der Waals surface area (Å²) in [5, 5.41) is 7.66. The molecule has 1 aliphatic carbocycles. The molecule has 0 fully saturated rings. The molecule has 1 N–H and O–H groups in total. The van der Waals surface area contributed by atoms with Crippen molar-refractivity contribution in [3.05, 3.63) is 40.6 Å². The minimum atomic E-state index is -0.0547. The molecule has 0 aromatic carbocycles. The summed E-state index contributed by atoms with van der Waals surface area (Å²) in [6.07, 6.45) is 7.42. The fourth-order valence-electron chi connectivity index (χ4n) is 3.72. The van der Waals surface area contributed by atoms with Crippen molar-refractivity contribution in [1.29, 1.82) is 0 Å². The Morgan fingerprint density at radius 2 is 2.12 bits per heavy atom. The lowest BCUT2D eigenvalue weighted by molar-refractivity contribution is 0.0785. The summed E-state index contributed by atoms with van der Waals surface area (Å²) in [5.41, 5.74) is 5.50. The second-order valence-electron chi connectivity index (χ2n) is 7.10. The molecule has 4 rings (SSSR count). The number of hydrogen-bond donors (Lipinski definition) is 1. The number of carbonyl (C=O) groups excluding carboxylic acids is 1. The van der Waals surface area contributed by atoms with Gasteiger partial charge >= 0.3 is 0 Å². The first-order chi connectivity index (χ1) is 12.6. The molecule has 0 atom stereocenters. The molecule has 0 spiro atoms. The quantitative estimate of drug-likeness (QED) is 0.735. The van der Waals surface area contributed by atoms with Crippen LogP contribution in [0.2, 0.25) is 0 Å². The van der Waals surface area contributed by atoms with Crippen molar-refractivity contribution in [1.82, 2.24) is 29.6 Å². The van der Waals surface area contributed by atoms with Crippen LogP contribution in [-0.4, -0.2) is 42.6 Å². The van der Waals surface area contributed by atoms with Gasteiger partial charge in [-0.1, -0.05) is 6.42 Å². The van der Waals surface area contributed by atoms with E-state index in [-0.39, 0.29) is 5.91 Å². The molecule has 1 aliphatic rings. The van der Waals surface area contributed by atoms with Crippen molar-refractivity contribution in [2.75, 3.05) is 7.05 Å². The van der Waals surface area contributed by atoms with Crippen molar-refractivity contribution >= 4 is 17.1 Å². The van der Waals surface area contributed by atoms with E-state index >= 15 is 0 Å². The second-order valence-corrected chi connectivity index (χ2v) is 7.10. The summed E-state index contributed by atoms with van der Waals surface area (Å²) >= 11 is 0. The van der Waals surface area contributed by atoms with Crippen LogP contribution in [0.15, 0.2) is 12.3 Å². The third kappa shape index (κ3) is 2.77. The van der Waals surface area contributed by atoms with E-state index in [0.717, 1.165) is 30.0 Å². The van der Waals surface area contributed by atoms with E-state index in [1.807, 2.05) is 25.6 Å². The Bertz CT molecular complexity index is 970. The molecular weight excluding hydrogens is 328 g/mol. The Hall–Kier alpha value is -2.70. The summed E-state index contributed by atoms with van der Waals surface area (Å²) in [6, 6.07) is 1.75. The number of fused-ring (bicyclic) bond motifs is 2. The minimum absolute atomic E-state index is 0.0547. The van der Waals surface area contributed by atoms with Crippen LogP contribution in [0.1, 0.15) is 52.4 Å². The number of pyridine rings is 1. The first-order valence-electron chi connectivity index (χ1n) is 9.14. The zero-order valence-corrected chi connectivity index (χ0v) is 15.5. The van der Waals surface area contributed by atoms with Crippen molar-refractivity contribution in [3.63, 3.8) is 0 Å². The summed E-state index contributed by atoms with van der Waals surface area (Å²) in [7, 11) is 3.73. The maximum absolute atomic E-state index is 13.1. The van der Waals surface area contributed by atoms with Crippen LogP contribution in [0.25, 0.3) is 11.2 Å². The van der Waals surface area contributed by atoms with Crippen LogP contribution >= 0.6 is 0 Å². The Kier molecular flexibility index (Phi) is 4.22.